The molecule has 170 valence electrons. The van der Waals surface area contributed by atoms with Gasteiger partial charge in [-0.25, -0.2) is 9.78 Å². The van der Waals surface area contributed by atoms with Crippen molar-refractivity contribution in [3.63, 3.8) is 0 Å². The van der Waals surface area contributed by atoms with Gasteiger partial charge >= 0.3 is 5.97 Å². The third-order valence-corrected chi connectivity index (χ3v) is 9.21. The molecule has 1 saturated heterocycles. The Labute approximate surface area is 190 Å². The van der Waals surface area contributed by atoms with Crippen LogP contribution in [0, 0.1) is 30.1 Å². The van der Waals surface area contributed by atoms with Gasteiger partial charge in [0, 0.05) is 23.7 Å². The van der Waals surface area contributed by atoms with Crippen LogP contribution in [0.2, 0.25) is 0 Å². The maximum absolute atomic E-state index is 13.7. The van der Waals surface area contributed by atoms with E-state index in [1.165, 1.54) is 36.7 Å². The van der Waals surface area contributed by atoms with E-state index >= 15 is 0 Å². The lowest BCUT2D eigenvalue weighted by Gasteiger charge is -2.56. The van der Waals surface area contributed by atoms with Crippen molar-refractivity contribution < 1.29 is 14.3 Å². The molecule has 4 bridgehead atoms. The summed E-state index contributed by atoms with van der Waals surface area (Å²) >= 11 is 1.39. The summed E-state index contributed by atoms with van der Waals surface area (Å²) in [5.41, 5.74) is 0.882. The molecule has 1 aliphatic heterocycles. The summed E-state index contributed by atoms with van der Waals surface area (Å²) in [5, 5.41) is 1.88. The lowest BCUT2D eigenvalue weighted by atomic mass is 9.49. The number of aryl methyl sites for hydroxylation is 1. The Bertz CT molecular complexity index is 1120. The second kappa shape index (κ2) is 7.40. The molecule has 2 aromatic heterocycles. The summed E-state index contributed by atoms with van der Waals surface area (Å²) in [6.45, 7) is 2.46. The quantitative estimate of drug-likeness (QED) is 0.661. The number of thiazole rings is 1. The molecular weight excluding hydrogens is 426 g/mol. The summed E-state index contributed by atoms with van der Waals surface area (Å²) in [6, 6.07) is 0.914. The number of hydrogen-bond acceptors (Lipinski definition) is 6. The normalized spacial score (nSPS) is 33.2. The van der Waals surface area contributed by atoms with Crippen molar-refractivity contribution >= 4 is 28.2 Å². The summed E-state index contributed by atoms with van der Waals surface area (Å²) in [4.78, 5) is 46.0. The third kappa shape index (κ3) is 3.21. The van der Waals surface area contributed by atoms with Gasteiger partial charge in [-0.2, -0.15) is 0 Å². The first-order valence-corrected chi connectivity index (χ1v) is 12.7. The number of amides is 1. The zero-order valence-electron chi connectivity index (χ0n) is 18.4. The average molecular weight is 456 g/mol. The number of carbonyl (C=O) groups is 2. The molecule has 2 aromatic rings. The Morgan fingerprint density at radius 1 is 1.19 bits per heavy atom. The van der Waals surface area contributed by atoms with Crippen LogP contribution in [-0.2, 0) is 20.9 Å². The van der Waals surface area contributed by atoms with Gasteiger partial charge in [0.2, 0.25) is 5.91 Å². The Morgan fingerprint density at radius 3 is 2.56 bits per heavy atom. The number of carbonyl (C=O) groups excluding carboxylic acids is 2. The molecule has 8 heteroatoms. The van der Waals surface area contributed by atoms with Crippen molar-refractivity contribution in [3.05, 3.63) is 33.2 Å². The number of nitrogens with zero attached hydrogens (tertiary/aromatic N) is 3. The van der Waals surface area contributed by atoms with Gasteiger partial charge in [-0.15, -0.1) is 11.3 Å². The van der Waals surface area contributed by atoms with E-state index in [0.717, 1.165) is 31.4 Å². The predicted octanol–water partition coefficient (Wildman–Crippen LogP) is 3.32. The Hall–Kier alpha value is -2.22. The topological polar surface area (TPSA) is 81.0 Å². The van der Waals surface area contributed by atoms with Crippen LogP contribution in [0.25, 0.3) is 4.96 Å². The highest BCUT2D eigenvalue weighted by molar-refractivity contribution is 7.15. The molecule has 7 nitrogen and oxygen atoms in total. The summed E-state index contributed by atoms with van der Waals surface area (Å²) < 4.78 is 7.14. The minimum absolute atomic E-state index is 0.0442. The van der Waals surface area contributed by atoms with Crippen LogP contribution >= 0.6 is 11.3 Å². The van der Waals surface area contributed by atoms with Gasteiger partial charge in [0.05, 0.1) is 11.1 Å². The van der Waals surface area contributed by atoms with Crippen LogP contribution in [0.1, 0.15) is 62.8 Å². The number of rotatable bonds is 4. The number of likely N-dealkylation sites (tertiary alicyclic amines) is 1. The van der Waals surface area contributed by atoms with Crippen molar-refractivity contribution in [2.24, 2.45) is 23.2 Å². The van der Waals surface area contributed by atoms with Crippen LogP contribution < -0.4 is 5.56 Å². The van der Waals surface area contributed by atoms with Crippen molar-refractivity contribution in [1.82, 2.24) is 14.3 Å². The van der Waals surface area contributed by atoms with Crippen molar-refractivity contribution in [3.8, 4) is 0 Å². The first kappa shape index (κ1) is 20.4. The van der Waals surface area contributed by atoms with Crippen LogP contribution in [0.3, 0.4) is 0 Å². The van der Waals surface area contributed by atoms with E-state index in [2.05, 4.69) is 4.98 Å². The van der Waals surface area contributed by atoms with E-state index in [4.69, 9.17) is 4.74 Å². The fourth-order valence-electron chi connectivity index (χ4n) is 7.35. The standard InChI is InChI=1S/C24H29N3O4S/c1-14-13-32-23-25-18(8-20(28)27(14)23)12-31-21(29)19-3-2-4-26(19)22(30)24-9-15-5-16(10-24)7-17(6-15)11-24/h8,13,15-17,19H,2-7,9-12H2,1H3. The lowest BCUT2D eigenvalue weighted by molar-refractivity contribution is -0.166. The second-order valence-corrected chi connectivity index (χ2v) is 11.4. The van der Waals surface area contributed by atoms with Gasteiger partial charge in [0.25, 0.3) is 5.56 Å². The third-order valence-electron chi connectivity index (χ3n) is 8.27. The first-order valence-electron chi connectivity index (χ1n) is 11.9. The number of hydrogen-bond donors (Lipinski definition) is 0. The molecule has 0 N–H and O–H groups in total. The van der Waals surface area contributed by atoms with Crippen molar-refractivity contribution in [2.75, 3.05) is 6.54 Å². The maximum atomic E-state index is 13.7. The molecule has 0 aromatic carbocycles. The molecule has 1 atom stereocenters. The molecule has 32 heavy (non-hydrogen) atoms. The molecule has 5 fully saturated rings. The van der Waals surface area contributed by atoms with E-state index in [9.17, 15) is 14.4 Å². The van der Waals surface area contributed by atoms with Crippen LogP contribution in [0.4, 0.5) is 0 Å². The fourth-order valence-corrected chi connectivity index (χ4v) is 8.24. The Morgan fingerprint density at radius 2 is 1.88 bits per heavy atom. The van der Waals surface area contributed by atoms with Gasteiger partial charge in [0.15, 0.2) is 4.96 Å². The zero-order valence-corrected chi connectivity index (χ0v) is 19.2. The fraction of sp³-hybridized carbons (Fsp3) is 0.667. The molecule has 0 spiro atoms. The predicted molar refractivity (Wildman–Crippen MR) is 119 cm³/mol. The molecule has 4 aliphatic carbocycles. The van der Waals surface area contributed by atoms with E-state index in [-0.39, 0.29) is 29.5 Å². The van der Waals surface area contributed by atoms with Crippen LogP contribution in [-0.4, -0.2) is 38.7 Å². The minimum Gasteiger partial charge on any atom is -0.458 e. The molecule has 4 saturated carbocycles. The molecule has 7 rings (SSSR count). The monoisotopic (exact) mass is 455 g/mol. The zero-order chi connectivity index (χ0) is 22.0. The van der Waals surface area contributed by atoms with E-state index in [1.54, 1.807) is 4.40 Å². The summed E-state index contributed by atoms with van der Waals surface area (Å²) in [7, 11) is 0. The van der Waals surface area contributed by atoms with Gasteiger partial charge in [-0.05, 0) is 76.0 Å². The smallest absolute Gasteiger partial charge is 0.329 e. The van der Waals surface area contributed by atoms with Crippen molar-refractivity contribution in [1.29, 1.82) is 0 Å². The Balaban J connectivity index is 1.16. The molecular formula is C24H29N3O4S. The maximum Gasteiger partial charge on any atom is 0.329 e. The van der Waals surface area contributed by atoms with Crippen LogP contribution in [0.5, 0.6) is 0 Å². The van der Waals surface area contributed by atoms with Gasteiger partial charge in [-0.1, -0.05) is 0 Å². The van der Waals surface area contributed by atoms with Gasteiger partial charge in [-0.3, -0.25) is 14.0 Å². The highest BCUT2D eigenvalue weighted by Crippen LogP contribution is 2.60. The number of fused-ring (bicyclic) bond motifs is 1. The minimum atomic E-state index is -0.510. The van der Waals surface area contributed by atoms with Gasteiger partial charge in [0.1, 0.15) is 12.6 Å². The van der Waals surface area contributed by atoms with E-state index in [1.807, 2.05) is 17.2 Å². The van der Waals surface area contributed by atoms with E-state index in [0.29, 0.717) is 41.4 Å². The number of ether oxygens (including phenoxy) is 1. The summed E-state index contributed by atoms with van der Waals surface area (Å²) in [5.74, 6) is 1.91. The molecule has 5 aliphatic rings. The highest BCUT2D eigenvalue weighted by atomic mass is 32.1. The Kier molecular flexibility index (Phi) is 4.72. The van der Waals surface area contributed by atoms with Crippen molar-refractivity contribution in [2.45, 2.75) is 70.9 Å². The number of aromatic nitrogens is 2. The molecule has 3 heterocycles. The van der Waals surface area contributed by atoms with Crippen LogP contribution in [0.15, 0.2) is 16.2 Å². The first-order chi connectivity index (χ1) is 15.4. The second-order valence-electron chi connectivity index (χ2n) is 10.5. The highest BCUT2D eigenvalue weighted by Gasteiger charge is 2.57. The molecule has 1 amide bonds. The average Bonchev–Trinajstić information content (AvgIpc) is 3.38. The number of esters is 1. The molecule has 1 unspecified atom stereocenters. The SMILES string of the molecule is Cc1csc2nc(COC(=O)C3CCCN3C(=O)C34CC5CC(CC(C5)C3)C4)cc(=O)n12. The van der Waals surface area contributed by atoms with E-state index < -0.39 is 6.04 Å². The summed E-state index contributed by atoms with van der Waals surface area (Å²) in [6.07, 6.45) is 8.37. The van der Waals surface area contributed by atoms with Gasteiger partial charge < -0.3 is 9.64 Å². The largest absolute Gasteiger partial charge is 0.458 e. The molecule has 0 radical (unpaired) electrons. The lowest BCUT2D eigenvalue weighted by Crippen LogP contribution is -2.56.